The van der Waals surface area contributed by atoms with E-state index in [1.807, 2.05) is 23.6 Å². The maximum absolute atomic E-state index is 7.50. The summed E-state index contributed by atoms with van der Waals surface area (Å²) in [4.78, 5) is 0.919. The molecule has 0 spiro atoms. The average molecular weight is 269 g/mol. The van der Waals surface area contributed by atoms with E-state index in [0.717, 1.165) is 14.7 Å². The smallest absolute Gasteiger partial charge is 0.123 e. The molecule has 2 nitrogen and oxygen atoms in total. The molecule has 2 aromatic rings. The molecule has 1 aromatic heterocycles. The monoisotopic (exact) mass is 268 g/mol. The quantitative estimate of drug-likeness (QED) is 0.656. The number of thiophene rings is 1. The minimum Gasteiger partial charge on any atom is -0.384 e. The van der Waals surface area contributed by atoms with Crippen molar-refractivity contribution in [3.05, 3.63) is 46.3 Å². The number of halogens is 1. The van der Waals surface area contributed by atoms with Gasteiger partial charge in [-0.25, -0.2) is 0 Å². The van der Waals surface area contributed by atoms with Crippen LogP contribution in [0.4, 0.5) is 0 Å². The van der Waals surface area contributed by atoms with E-state index in [0.29, 0.717) is 5.02 Å². The third kappa shape index (κ3) is 2.58. The van der Waals surface area contributed by atoms with Crippen molar-refractivity contribution in [1.82, 2.24) is 0 Å². The predicted octanol–water partition coefficient (Wildman–Crippen LogP) is 3.84. The van der Waals surface area contributed by atoms with Crippen molar-refractivity contribution in [3.8, 4) is 0 Å². The van der Waals surface area contributed by atoms with E-state index in [4.69, 9.17) is 22.7 Å². The van der Waals surface area contributed by atoms with Crippen LogP contribution < -0.4 is 5.73 Å². The predicted molar refractivity (Wildman–Crippen MR) is 70.9 cm³/mol. The SMILES string of the molecule is N=C(N)c1ccc(Cl)cc1Sc1cccs1. The lowest BCUT2D eigenvalue weighted by molar-refractivity contribution is 1.34. The summed E-state index contributed by atoms with van der Waals surface area (Å²) in [5, 5.41) is 10.2. The van der Waals surface area contributed by atoms with Gasteiger partial charge in [0.25, 0.3) is 0 Å². The summed E-state index contributed by atoms with van der Waals surface area (Å²) < 4.78 is 1.16. The largest absolute Gasteiger partial charge is 0.384 e. The van der Waals surface area contributed by atoms with Gasteiger partial charge in [0, 0.05) is 15.5 Å². The van der Waals surface area contributed by atoms with Gasteiger partial charge in [0.1, 0.15) is 5.84 Å². The fraction of sp³-hybridized carbons (Fsp3) is 0. The molecule has 3 N–H and O–H groups in total. The molecule has 82 valence electrons. The second kappa shape index (κ2) is 4.91. The highest BCUT2D eigenvalue weighted by Gasteiger charge is 2.08. The van der Waals surface area contributed by atoms with E-state index < -0.39 is 0 Å². The first-order valence-corrected chi connectivity index (χ1v) is 6.59. The van der Waals surface area contributed by atoms with Crippen molar-refractivity contribution < 1.29 is 0 Å². The highest BCUT2D eigenvalue weighted by atomic mass is 35.5. The third-order valence-electron chi connectivity index (χ3n) is 1.94. The van der Waals surface area contributed by atoms with Gasteiger partial charge in [0.05, 0.1) is 4.21 Å². The van der Waals surface area contributed by atoms with Crippen LogP contribution in [0, 0.1) is 5.41 Å². The first kappa shape index (κ1) is 11.5. The van der Waals surface area contributed by atoms with Gasteiger partial charge in [0.2, 0.25) is 0 Å². The van der Waals surface area contributed by atoms with Crippen LogP contribution in [0.2, 0.25) is 5.02 Å². The lowest BCUT2D eigenvalue weighted by atomic mass is 10.2. The number of rotatable bonds is 3. The molecule has 0 atom stereocenters. The van der Waals surface area contributed by atoms with Gasteiger partial charge >= 0.3 is 0 Å². The van der Waals surface area contributed by atoms with Gasteiger partial charge in [-0.2, -0.15) is 0 Å². The Bertz CT molecular complexity index is 509. The van der Waals surface area contributed by atoms with Crippen LogP contribution in [0.25, 0.3) is 0 Å². The molecule has 16 heavy (non-hydrogen) atoms. The van der Waals surface area contributed by atoms with Gasteiger partial charge < -0.3 is 5.73 Å². The lowest BCUT2D eigenvalue weighted by Crippen LogP contribution is -2.12. The minimum absolute atomic E-state index is 0.0655. The summed E-state index contributed by atoms with van der Waals surface area (Å²) in [6.45, 7) is 0. The Kier molecular flexibility index (Phi) is 3.53. The molecule has 0 aliphatic carbocycles. The maximum atomic E-state index is 7.50. The zero-order valence-corrected chi connectivity index (χ0v) is 10.6. The molecule has 1 heterocycles. The summed E-state index contributed by atoms with van der Waals surface area (Å²) in [7, 11) is 0. The van der Waals surface area contributed by atoms with Crippen LogP contribution in [0.15, 0.2) is 44.8 Å². The van der Waals surface area contributed by atoms with Crippen molar-refractivity contribution in [3.63, 3.8) is 0 Å². The molecule has 0 saturated carbocycles. The summed E-state index contributed by atoms with van der Waals surface area (Å²) in [5.74, 6) is 0.0655. The van der Waals surface area contributed by atoms with Crippen LogP contribution in [0.5, 0.6) is 0 Å². The van der Waals surface area contributed by atoms with Crippen molar-refractivity contribution >= 4 is 40.5 Å². The summed E-state index contributed by atoms with van der Waals surface area (Å²) in [6.07, 6.45) is 0. The number of nitrogens with two attached hydrogens (primary N) is 1. The Morgan fingerprint density at radius 3 is 2.81 bits per heavy atom. The Labute approximate surface area is 107 Å². The summed E-state index contributed by atoms with van der Waals surface area (Å²) in [5.41, 5.74) is 6.25. The number of nitrogen functional groups attached to an aromatic ring is 1. The Balaban J connectivity index is 2.38. The van der Waals surface area contributed by atoms with Crippen LogP contribution in [-0.4, -0.2) is 5.84 Å². The number of nitrogens with one attached hydrogen (secondary N) is 1. The van der Waals surface area contributed by atoms with Gasteiger partial charge in [-0.15, -0.1) is 11.3 Å². The van der Waals surface area contributed by atoms with Crippen LogP contribution in [0.1, 0.15) is 5.56 Å². The highest BCUT2D eigenvalue weighted by Crippen LogP contribution is 2.34. The number of benzene rings is 1. The summed E-state index contributed by atoms with van der Waals surface area (Å²) >= 11 is 9.17. The van der Waals surface area contributed by atoms with Gasteiger partial charge in [0.15, 0.2) is 0 Å². The molecule has 5 heteroatoms. The molecular formula is C11H9ClN2S2. The van der Waals surface area contributed by atoms with E-state index >= 15 is 0 Å². The Morgan fingerprint density at radius 1 is 1.38 bits per heavy atom. The minimum atomic E-state index is 0.0655. The first-order chi connectivity index (χ1) is 7.66. The van der Waals surface area contributed by atoms with E-state index in [2.05, 4.69) is 0 Å². The molecule has 0 aliphatic heterocycles. The van der Waals surface area contributed by atoms with Gasteiger partial charge in [-0.3, -0.25) is 5.41 Å². The lowest BCUT2D eigenvalue weighted by Gasteiger charge is -2.06. The van der Waals surface area contributed by atoms with Gasteiger partial charge in [-0.05, 0) is 29.6 Å². The second-order valence-corrected chi connectivity index (χ2v) is 5.81. The Morgan fingerprint density at radius 2 is 2.19 bits per heavy atom. The second-order valence-electron chi connectivity index (χ2n) is 3.09. The van der Waals surface area contributed by atoms with E-state index in [9.17, 15) is 0 Å². The highest BCUT2D eigenvalue weighted by molar-refractivity contribution is 8.01. The zero-order valence-electron chi connectivity index (χ0n) is 8.24. The number of hydrogen-bond donors (Lipinski definition) is 2. The molecule has 0 radical (unpaired) electrons. The normalized spacial score (nSPS) is 10.3. The first-order valence-electron chi connectivity index (χ1n) is 4.52. The molecule has 0 unspecified atom stereocenters. The maximum Gasteiger partial charge on any atom is 0.123 e. The van der Waals surface area contributed by atoms with Crippen LogP contribution in [0.3, 0.4) is 0 Å². The molecule has 0 bridgehead atoms. The molecule has 0 aliphatic rings. The third-order valence-corrected chi connectivity index (χ3v) is 4.27. The van der Waals surface area contributed by atoms with Crippen LogP contribution in [-0.2, 0) is 0 Å². The van der Waals surface area contributed by atoms with Crippen molar-refractivity contribution in [2.45, 2.75) is 9.10 Å². The fourth-order valence-electron chi connectivity index (χ4n) is 1.23. The average Bonchev–Trinajstić information content (AvgIpc) is 2.70. The zero-order chi connectivity index (χ0) is 11.5. The van der Waals surface area contributed by atoms with E-state index in [1.54, 1.807) is 35.2 Å². The van der Waals surface area contributed by atoms with Crippen molar-refractivity contribution in [2.75, 3.05) is 0 Å². The molecule has 0 saturated heterocycles. The molecule has 2 rings (SSSR count). The van der Waals surface area contributed by atoms with Crippen LogP contribution >= 0.6 is 34.7 Å². The van der Waals surface area contributed by atoms with E-state index in [-0.39, 0.29) is 5.84 Å². The number of amidine groups is 1. The number of hydrogen-bond acceptors (Lipinski definition) is 3. The van der Waals surface area contributed by atoms with Crippen molar-refractivity contribution in [2.24, 2.45) is 5.73 Å². The topological polar surface area (TPSA) is 49.9 Å². The van der Waals surface area contributed by atoms with E-state index in [1.165, 1.54) is 0 Å². The summed E-state index contributed by atoms with van der Waals surface area (Å²) in [6, 6.07) is 9.38. The molecule has 0 amide bonds. The standard InChI is InChI=1S/C11H9ClN2S2/c12-7-3-4-8(11(13)14)9(6-7)16-10-2-1-5-15-10/h1-6H,(H3,13,14). The molecule has 1 aromatic carbocycles. The Hall–Kier alpha value is -0.970. The molecular weight excluding hydrogens is 260 g/mol. The van der Waals surface area contributed by atoms with Crippen molar-refractivity contribution in [1.29, 1.82) is 5.41 Å². The fourth-order valence-corrected chi connectivity index (χ4v) is 3.38. The molecule has 0 fully saturated rings. The van der Waals surface area contributed by atoms with Gasteiger partial charge in [-0.1, -0.05) is 29.4 Å².